The maximum Gasteiger partial charge on any atom is 0.227 e. The molecule has 1 fully saturated rings. The number of amides is 1. The molecule has 0 aromatic heterocycles. The fourth-order valence-electron chi connectivity index (χ4n) is 3.21. The van der Waals surface area contributed by atoms with Gasteiger partial charge < -0.3 is 4.90 Å². The van der Waals surface area contributed by atoms with Gasteiger partial charge in [0.05, 0.1) is 16.6 Å². The minimum absolute atomic E-state index is 0.00491. The first-order valence-corrected chi connectivity index (χ1v) is 10.9. The summed E-state index contributed by atoms with van der Waals surface area (Å²) >= 11 is 3.45. The van der Waals surface area contributed by atoms with Crippen LogP contribution in [0.2, 0.25) is 0 Å². The minimum Gasteiger partial charge on any atom is -0.338 e. The van der Waals surface area contributed by atoms with Crippen molar-refractivity contribution in [3.05, 3.63) is 66.2 Å². The van der Waals surface area contributed by atoms with E-state index in [1.807, 2.05) is 30.3 Å². The zero-order valence-corrected chi connectivity index (χ0v) is 16.1. The quantitative estimate of drug-likeness (QED) is 0.673. The summed E-state index contributed by atoms with van der Waals surface area (Å²) in [6.45, 7) is 1.10. The van der Waals surface area contributed by atoms with Crippen LogP contribution in [0.3, 0.4) is 0 Å². The monoisotopic (exact) mass is 421 g/mol. The highest BCUT2D eigenvalue weighted by Gasteiger charge is 2.42. The van der Waals surface area contributed by atoms with E-state index in [0.717, 1.165) is 5.56 Å². The van der Waals surface area contributed by atoms with Crippen LogP contribution in [0.4, 0.5) is 0 Å². The van der Waals surface area contributed by atoms with Crippen molar-refractivity contribution in [3.8, 4) is 0 Å². The third kappa shape index (κ3) is 4.12. The molecule has 0 saturated carbocycles. The molecule has 1 saturated heterocycles. The maximum absolute atomic E-state index is 12.8. The highest BCUT2D eigenvalue weighted by Crippen LogP contribution is 2.30. The molecule has 0 spiro atoms. The summed E-state index contributed by atoms with van der Waals surface area (Å²) in [4.78, 5) is 14.9. The molecule has 0 aliphatic carbocycles. The van der Waals surface area contributed by atoms with E-state index < -0.39 is 15.8 Å². The van der Waals surface area contributed by atoms with Gasteiger partial charge in [-0.15, -0.1) is 0 Å². The fourth-order valence-corrected chi connectivity index (χ4v) is 5.51. The van der Waals surface area contributed by atoms with Crippen LogP contribution in [0.5, 0.6) is 0 Å². The Morgan fingerprint density at radius 1 is 1.00 bits per heavy atom. The Morgan fingerprint density at radius 2 is 1.60 bits per heavy atom. The van der Waals surface area contributed by atoms with Gasteiger partial charge in [0.25, 0.3) is 0 Å². The topological polar surface area (TPSA) is 54.5 Å². The molecular weight excluding hydrogens is 402 g/mol. The molecule has 0 bridgehead atoms. The summed E-state index contributed by atoms with van der Waals surface area (Å²) in [5.74, 6) is -0.729. The van der Waals surface area contributed by atoms with Gasteiger partial charge in [-0.1, -0.05) is 64.5 Å². The summed E-state index contributed by atoms with van der Waals surface area (Å²) in [6.07, 6.45) is 0. The minimum atomic E-state index is -3.48. The Labute approximate surface area is 156 Å². The predicted molar refractivity (Wildman–Crippen MR) is 101 cm³/mol. The number of sulfone groups is 1. The number of hydrogen-bond donors (Lipinski definition) is 0. The molecule has 4 nitrogen and oxygen atoms in total. The number of halogens is 1. The average Bonchev–Trinajstić information content (AvgIpc) is 2.92. The molecule has 1 amide bonds. The Morgan fingerprint density at radius 3 is 2.20 bits per heavy atom. The number of rotatable bonds is 6. The molecule has 25 heavy (non-hydrogen) atoms. The van der Waals surface area contributed by atoms with Crippen LogP contribution in [0.15, 0.2) is 65.6 Å². The van der Waals surface area contributed by atoms with E-state index in [0.29, 0.717) is 18.4 Å². The fraction of sp³-hybridized carbons (Fsp3) is 0.316. The molecule has 2 atom stereocenters. The zero-order valence-electron chi connectivity index (χ0n) is 13.7. The molecule has 0 radical (unpaired) electrons. The standard InChI is InChI=1S/C19H20BrNO3S/c20-11-16-13-21(12-15-7-3-1-4-8-15)19(22)18(16)14-25(23,24)17-9-5-2-6-10-17/h1-10,16,18H,11-14H2. The van der Waals surface area contributed by atoms with E-state index in [2.05, 4.69) is 15.9 Å². The van der Waals surface area contributed by atoms with Gasteiger partial charge in [0.2, 0.25) is 5.91 Å². The van der Waals surface area contributed by atoms with Gasteiger partial charge >= 0.3 is 0 Å². The lowest BCUT2D eigenvalue weighted by atomic mass is 10.00. The van der Waals surface area contributed by atoms with E-state index in [9.17, 15) is 13.2 Å². The van der Waals surface area contributed by atoms with Crippen LogP contribution in [0.1, 0.15) is 5.56 Å². The van der Waals surface area contributed by atoms with Crippen molar-refractivity contribution in [2.75, 3.05) is 17.6 Å². The summed E-state index contributed by atoms with van der Waals surface area (Å²) in [7, 11) is -3.48. The molecule has 0 N–H and O–H groups in total. The molecule has 1 heterocycles. The number of carbonyl (C=O) groups excluding carboxylic acids is 1. The van der Waals surface area contributed by atoms with E-state index in [1.54, 1.807) is 35.2 Å². The van der Waals surface area contributed by atoms with Crippen molar-refractivity contribution < 1.29 is 13.2 Å². The highest BCUT2D eigenvalue weighted by molar-refractivity contribution is 9.09. The van der Waals surface area contributed by atoms with Crippen molar-refractivity contribution in [1.82, 2.24) is 4.90 Å². The van der Waals surface area contributed by atoms with Crippen LogP contribution in [-0.2, 0) is 21.2 Å². The predicted octanol–water partition coefficient (Wildman–Crippen LogP) is 3.13. The van der Waals surface area contributed by atoms with Crippen LogP contribution in [-0.4, -0.2) is 36.9 Å². The first-order chi connectivity index (χ1) is 12.0. The third-order valence-corrected chi connectivity index (χ3v) is 7.19. The summed E-state index contributed by atoms with van der Waals surface area (Å²) in [5, 5.41) is 0.610. The number of benzene rings is 2. The van der Waals surface area contributed by atoms with E-state index in [1.165, 1.54) is 0 Å². The number of alkyl halides is 1. The van der Waals surface area contributed by atoms with Crippen molar-refractivity contribution in [2.45, 2.75) is 11.4 Å². The first-order valence-electron chi connectivity index (χ1n) is 8.18. The number of hydrogen-bond acceptors (Lipinski definition) is 3. The van der Waals surface area contributed by atoms with Crippen molar-refractivity contribution in [1.29, 1.82) is 0 Å². The van der Waals surface area contributed by atoms with Crippen LogP contribution in [0, 0.1) is 11.8 Å². The van der Waals surface area contributed by atoms with Gasteiger partial charge in [-0.3, -0.25) is 4.79 Å². The van der Waals surface area contributed by atoms with Gasteiger partial charge in [-0.2, -0.15) is 0 Å². The van der Waals surface area contributed by atoms with Crippen LogP contribution < -0.4 is 0 Å². The Kier molecular flexibility index (Phi) is 5.59. The van der Waals surface area contributed by atoms with Crippen molar-refractivity contribution >= 4 is 31.7 Å². The maximum atomic E-state index is 12.8. The lowest BCUT2D eigenvalue weighted by Crippen LogP contribution is -2.30. The van der Waals surface area contributed by atoms with Gasteiger partial charge in [0, 0.05) is 18.4 Å². The van der Waals surface area contributed by atoms with Crippen molar-refractivity contribution in [3.63, 3.8) is 0 Å². The van der Waals surface area contributed by atoms with Crippen molar-refractivity contribution in [2.24, 2.45) is 11.8 Å². The highest BCUT2D eigenvalue weighted by atomic mass is 79.9. The lowest BCUT2D eigenvalue weighted by molar-refractivity contribution is -0.131. The number of nitrogens with zero attached hydrogens (tertiary/aromatic N) is 1. The van der Waals surface area contributed by atoms with Gasteiger partial charge in [0.15, 0.2) is 9.84 Å². The largest absolute Gasteiger partial charge is 0.338 e. The molecule has 6 heteroatoms. The number of likely N-dealkylation sites (tertiary alicyclic amines) is 1. The van der Waals surface area contributed by atoms with E-state index in [4.69, 9.17) is 0 Å². The molecule has 2 unspecified atom stereocenters. The molecule has 2 aromatic carbocycles. The van der Waals surface area contributed by atoms with Crippen LogP contribution >= 0.6 is 15.9 Å². The summed E-state index contributed by atoms with van der Waals surface area (Å²) < 4.78 is 25.3. The third-order valence-electron chi connectivity index (χ3n) is 4.57. The summed E-state index contributed by atoms with van der Waals surface area (Å²) in [6, 6.07) is 18.1. The van der Waals surface area contributed by atoms with Gasteiger partial charge in [-0.25, -0.2) is 8.42 Å². The van der Waals surface area contributed by atoms with E-state index in [-0.39, 0.29) is 22.5 Å². The SMILES string of the molecule is O=C1C(CS(=O)(=O)c2ccccc2)C(CBr)CN1Cc1ccccc1. The smallest absolute Gasteiger partial charge is 0.227 e. The molecule has 1 aliphatic rings. The van der Waals surface area contributed by atoms with Gasteiger partial charge in [0.1, 0.15) is 0 Å². The van der Waals surface area contributed by atoms with Crippen LogP contribution in [0.25, 0.3) is 0 Å². The molecule has 2 aromatic rings. The molecule has 132 valence electrons. The normalized spacial score (nSPS) is 20.8. The first kappa shape index (κ1) is 18.1. The molecule has 1 aliphatic heterocycles. The second-order valence-corrected chi connectivity index (χ2v) is 9.00. The molecule has 3 rings (SSSR count). The lowest BCUT2D eigenvalue weighted by Gasteiger charge is -2.16. The zero-order chi connectivity index (χ0) is 17.9. The summed E-state index contributed by atoms with van der Waals surface area (Å²) in [5.41, 5.74) is 1.05. The Balaban J connectivity index is 1.77. The second-order valence-electron chi connectivity index (χ2n) is 6.32. The number of carbonyl (C=O) groups is 1. The molecular formula is C19H20BrNO3S. The van der Waals surface area contributed by atoms with E-state index >= 15 is 0 Å². The average molecular weight is 422 g/mol. The Bertz CT molecular complexity index is 824. The second kappa shape index (κ2) is 7.70. The Hall–Kier alpha value is -1.66. The van der Waals surface area contributed by atoms with Gasteiger partial charge in [-0.05, 0) is 23.6 Å².